The van der Waals surface area contributed by atoms with E-state index in [-0.39, 0.29) is 24.1 Å². The highest BCUT2D eigenvalue weighted by Gasteiger charge is 2.23. The zero-order valence-corrected chi connectivity index (χ0v) is 20.7. The van der Waals surface area contributed by atoms with Crippen LogP contribution in [0.15, 0.2) is 79.1 Å². The molecule has 0 radical (unpaired) electrons. The summed E-state index contributed by atoms with van der Waals surface area (Å²) in [6.07, 6.45) is 3.83. The molecule has 1 aliphatic heterocycles. The van der Waals surface area contributed by atoms with Gasteiger partial charge in [0.1, 0.15) is 12.4 Å². The van der Waals surface area contributed by atoms with Crippen LogP contribution in [0.5, 0.6) is 5.75 Å². The van der Waals surface area contributed by atoms with Gasteiger partial charge in [0.05, 0.1) is 18.9 Å². The number of amides is 1. The zero-order chi connectivity index (χ0) is 25.5. The molecule has 1 fully saturated rings. The minimum atomic E-state index is -0.376. The first-order valence-electron chi connectivity index (χ1n) is 12.6. The molecule has 1 atom stereocenters. The van der Waals surface area contributed by atoms with Crippen LogP contribution in [0.4, 0.5) is 4.39 Å². The fraction of sp³-hybridized carbons (Fsp3) is 0.310. The first kappa shape index (κ1) is 24.9. The van der Waals surface area contributed by atoms with Crippen LogP contribution in [-0.4, -0.2) is 59.6 Å². The SMILES string of the molecule is O=C(CC(c1cccc(F)c1)c1cnc2c(OCc3ccccc3)cccn12)NCCN1CCOCC1. The molecule has 5 rings (SSSR count). The Morgan fingerprint density at radius 3 is 2.73 bits per heavy atom. The highest BCUT2D eigenvalue weighted by molar-refractivity contribution is 5.77. The number of carbonyl (C=O) groups excluding carboxylic acids is 1. The summed E-state index contributed by atoms with van der Waals surface area (Å²) in [5, 5.41) is 3.04. The van der Waals surface area contributed by atoms with Gasteiger partial charge >= 0.3 is 0 Å². The van der Waals surface area contributed by atoms with E-state index >= 15 is 0 Å². The minimum absolute atomic E-state index is 0.0889. The van der Waals surface area contributed by atoms with Crippen LogP contribution in [0.1, 0.15) is 29.2 Å². The molecule has 2 aromatic carbocycles. The van der Waals surface area contributed by atoms with Crippen molar-refractivity contribution in [3.05, 3.63) is 102 Å². The van der Waals surface area contributed by atoms with Gasteiger partial charge in [-0.2, -0.15) is 0 Å². The Hall–Kier alpha value is -3.75. The second-order valence-electron chi connectivity index (χ2n) is 9.14. The number of ether oxygens (including phenoxy) is 2. The van der Waals surface area contributed by atoms with Gasteiger partial charge in [-0.25, -0.2) is 9.37 Å². The van der Waals surface area contributed by atoms with Crippen molar-refractivity contribution in [3.63, 3.8) is 0 Å². The number of rotatable bonds is 10. The van der Waals surface area contributed by atoms with Crippen molar-refractivity contribution in [2.24, 2.45) is 0 Å². The number of hydrogen-bond acceptors (Lipinski definition) is 5. The molecule has 0 saturated carbocycles. The Kier molecular flexibility index (Phi) is 8.08. The van der Waals surface area contributed by atoms with Crippen LogP contribution in [0.3, 0.4) is 0 Å². The second kappa shape index (κ2) is 12.0. The van der Waals surface area contributed by atoms with Gasteiger partial charge in [-0.15, -0.1) is 0 Å². The normalized spacial score (nSPS) is 14.9. The number of morpholine rings is 1. The Morgan fingerprint density at radius 2 is 1.92 bits per heavy atom. The van der Waals surface area contributed by atoms with Gasteiger partial charge in [-0.05, 0) is 35.4 Å². The molecule has 4 aromatic rings. The average Bonchev–Trinajstić information content (AvgIpc) is 3.36. The largest absolute Gasteiger partial charge is 0.485 e. The van der Waals surface area contributed by atoms with Gasteiger partial charge in [0.15, 0.2) is 11.4 Å². The lowest BCUT2D eigenvalue weighted by Crippen LogP contribution is -2.41. The lowest BCUT2D eigenvalue weighted by molar-refractivity contribution is -0.121. The van der Waals surface area contributed by atoms with Crippen molar-refractivity contribution in [3.8, 4) is 5.75 Å². The predicted octanol–water partition coefficient (Wildman–Crippen LogP) is 4.02. The van der Waals surface area contributed by atoms with Crippen LogP contribution in [-0.2, 0) is 16.1 Å². The van der Waals surface area contributed by atoms with Gasteiger partial charge in [0.25, 0.3) is 0 Å². The molecule has 3 heterocycles. The molecular weight excluding hydrogens is 471 g/mol. The van der Waals surface area contributed by atoms with E-state index in [9.17, 15) is 9.18 Å². The number of carbonyl (C=O) groups is 1. The number of aromatic nitrogens is 2. The molecule has 0 aliphatic carbocycles. The maximum Gasteiger partial charge on any atom is 0.221 e. The smallest absolute Gasteiger partial charge is 0.221 e. The number of hydrogen-bond donors (Lipinski definition) is 1. The molecule has 37 heavy (non-hydrogen) atoms. The standard InChI is InChI=1S/C29H31FN4O3/c30-24-9-4-8-23(18-24)25(19-28(35)31-11-13-33-14-16-36-17-15-33)26-20-32-29-27(10-5-12-34(26)29)37-21-22-6-2-1-3-7-22/h1-10,12,18,20,25H,11,13-17,19,21H2,(H,31,35). The summed E-state index contributed by atoms with van der Waals surface area (Å²) >= 11 is 0. The van der Waals surface area contributed by atoms with Gasteiger partial charge in [-0.1, -0.05) is 42.5 Å². The van der Waals surface area contributed by atoms with Gasteiger partial charge in [0.2, 0.25) is 5.91 Å². The summed E-state index contributed by atoms with van der Waals surface area (Å²) in [6.45, 7) is 4.94. The summed E-state index contributed by atoms with van der Waals surface area (Å²) in [4.78, 5) is 19.9. The maximum atomic E-state index is 14.2. The highest BCUT2D eigenvalue weighted by Crippen LogP contribution is 2.31. The fourth-order valence-electron chi connectivity index (χ4n) is 4.66. The summed E-state index contributed by atoms with van der Waals surface area (Å²) in [5.74, 6) is -0.158. The molecule has 8 heteroatoms. The van der Waals surface area contributed by atoms with Crippen molar-refractivity contribution < 1.29 is 18.7 Å². The molecule has 192 valence electrons. The fourth-order valence-corrected chi connectivity index (χ4v) is 4.66. The number of nitrogens with zero attached hydrogens (tertiary/aromatic N) is 3. The lowest BCUT2D eigenvalue weighted by atomic mass is 9.92. The number of halogens is 1. The van der Waals surface area contributed by atoms with Crippen LogP contribution in [0.25, 0.3) is 5.65 Å². The molecule has 7 nitrogen and oxygen atoms in total. The molecule has 0 spiro atoms. The highest BCUT2D eigenvalue weighted by atomic mass is 19.1. The number of pyridine rings is 1. The van der Waals surface area contributed by atoms with Crippen molar-refractivity contribution >= 4 is 11.6 Å². The summed E-state index contributed by atoms with van der Waals surface area (Å²) < 4.78 is 27.6. The van der Waals surface area contributed by atoms with E-state index in [1.54, 1.807) is 12.3 Å². The van der Waals surface area contributed by atoms with E-state index in [1.165, 1.54) is 12.1 Å². The topological polar surface area (TPSA) is 68.1 Å². The van der Waals surface area contributed by atoms with Gasteiger partial charge < -0.3 is 19.2 Å². The molecule has 1 N–H and O–H groups in total. The van der Waals surface area contributed by atoms with Gasteiger partial charge in [0, 0.05) is 50.9 Å². The Bertz CT molecular complexity index is 1320. The predicted molar refractivity (Wildman–Crippen MR) is 139 cm³/mol. The maximum absolute atomic E-state index is 14.2. The van der Waals surface area contributed by atoms with E-state index in [0.717, 1.165) is 49.7 Å². The van der Waals surface area contributed by atoms with Crippen LogP contribution in [0.2, 0.25) is 0 Å². The molecule has 1 unspecified atom stereocenters. The van der Waals surface area contributed by atoms with Gasteiger partial charge in [-0.3, -0.25) is 9.69 Å². The van der Waals surface area contributed by atoms with Crippen molar-refractivity contribution in [2.45, 2.75) is 18.9 Å². The van der Waals surface area contributed by atoms with Crippen LogP contribution < -0.4 is 10.1 Å². The third-order valence-corrected chi connectivity index (χ3v) is 6.62. The van der Waals surface area contributed by atoms with Crippen molar-refractivity contribution in [1.82, 2.24) is 19.6 Å². The molecule has 2 aromatic heterocycles. The number of nitrogens with one attached hydrogen (secondary N) is 1. The molecular formula is C29H31FN4O3. The molecule has 0 bridgehead atoms. The second-order valence-corrected chi connectivity index (χ2v) is 9.14. The third kappa shape index (κ3) is 6.34. The first-order valence-corrected chi connectivity index (χ1v) is 12.6. The van der Waals surface area contributed by atoms with Crippen LogP contribution in [0, 0.1) is 5.82 Å². The summed E-state index contributed by atoms with van der Waals surface area (Å²) in [7, 11) is 0. The monoisotopic (exact) mass is 502 g/mol. The van der Waals surface area contributed by atoms with E-state index in [4.69, 9.17) is 9.47 Å². The van der Waals surface area contributed by atoms with E-state index in [2.05, 4.69) is 15.2 Å². The van der Waals surface area contributed by atoms with Crippen molar-refractivity contribution in [1.29, 1.82) is 0 Å². The van der Waals surface area contributed by atoms with E-state index in [0.29, 0.717) is 24.5 Å². The average molecular weight is 503 g/mol. The Labute approximate surface area is 215 Å². The van der Waals surface area contributed by atoms with E-state index < -0.39 is 0 Å². The number of benzene rings is 2. The quantitative estimate of drug-likeness (QED) is 0.355. The molecule has 1 saturated heterocycles. The first-order chi connectivity index (χ1) is 18.2. The summed E-state index contributed by atoms with van der Waals surface area (Å²) in [6, 6.07) is 20.1. The number of fused-ring (bicyclic) bond motifs is 1. The van der Waals surface area contributed by atoms with Crippen molar-refractivity contribution in [2.75, 3.05) is 39.4 Å². The lowest BCUT2D eigenvalue weighted by Gasteiger charge is -2.26. The van der Waals surface area contributed by atoms with E-state index in [1.807, 2.05) is 59.1 Å². The number of imidazole rings is 1. The Balaban J connectivity index is 1.35. The molecule has 1 aliphatic rings. The molecule has 1 amide bonds. The minimum Gasteiger partial charge on any atom is -0.485 e. The summed E-state index contributed by atoms with van der Waals surface area (Å²) in [5.41, 5.74) is 3.24. The van der Waals surface area contributed by atoms with Crippen LogP contribution >= 0.6 is 0 Å². The Morgan fingerprint density at radius 1 is 1.08 bits per heavy atom. The third-order valence-electron chi connectivity index (χ3n) is 6.62. The zero-order valence-electron chi connectivity index (χ0n) is 20.7.